The van der Waals surface area contributed by atoms with Gasteiger partial charge in [0.25, 0.3) is 0 Å². The summed E-state index contributed by atoms with van der Waals surface area (Å²) in [6.07, 6.45) is -1.34. The van der Waals surface area contributed by atoms with Gasteiger partial charge in [-0.1, -0.05) is 45.2 Å². The number of phenols is 1. The van der Waals surface area contributed by atoms with Crippen molar-refractivity contribution < 1.29 is 82.2 Å². The molecule has 72 heavy (non-hydrogen) atoms. The number of amides is 9. The number of primary amides is 2. The fraction of sp³-hybridized carbons (Fsp3) is 0.600. The van der Waals surface area contributed by atoms with Crippen molar-refractivity contribution in [2.45, 2.75) is 139 Å². The number of carbonyl (C=O) groups is 12. The van der Waals surface area contributed by atoms with E-state index < -0.39 is 154 Å². The van der Waals surface area contributed by atoms with Crippen LogP contribution in [0.15, 0.2) is 18.2 Å². The van der Waals surface area contributed by atoms with E-state index in [9.17, 15) is 82.2 Å². The second-order valence-electron chi connectivity index (χ2n) is 18.2. The highest BCUT2D eigenvalue weighted by atomic mass is 32.2. The van der Waals surface area contributed by atoms with Crippen LogP contribution in [0.2, 0.25) is 0 Å². The van der Waals surface area contributed by atoms with E-state index in [4.69, 9.17) is 11.5 Å². The summed E-state index contributed by atoms with van der Waals surface area (Å²) in [6.45, 7) is 3.22. The van der Waals surface area contributed by atoms with Gasteiger partial charge in [0.15, 0.2) is 5.92 Å². The summed E-state index contributed by atoms with van der Waals surface area (Å²) in [6, 6.07) is -4.33. The summed E-state index contributed by atoms with van der Waals surface area (Å²) in [4.78, 5) is 157. The van der Waals surface area contributed by atoms with E-state index in [1.165, 1.54) is 18.2 Å². The standard InChI is InChI=1S/C45H65N9O17S/c1-23(2)16-27-39(63)52-28(18-24-9-11-32(55)25(17-24)10-12-36(59)60)41(65)54-45(13-5-3-6-14-45)44(70)53-30(20-33(46)56)38(62)48-15-7-4-8-34(57)50-31(37(47)61)21-72(71)22-35(58)49-29(40(64)51-27)19-26(42(66)67)43(68)69/h9,11,17,23,26-31,55H,3-8,10,12-16,18-22H2,1-2H3,(H2,46,56)(H2,47,61)(H,48,62)(H,49,58)(H,50,57)(H,51,64)(H,52,63)(H,53,70)(H,54,65)(H,59,60)(H,66,67)(H,68,69)/t27-,28-,29-,30-,31-,72-/m0/s1. The Morgan fingerprint density at radius 1 is 0.736 bits per heavy atom. The monoisotopic (exact) mass is 1040 g/mol. The number of nitrogens with one attached hydrogen (secondary N) is 7. The highest BCUT2D eigenvalue weighted by Gasteiger charge is 2.44. The lowest BCUT2D eigenvalue weighted by Crippen LogP contribution is -2.66. The lowest BCUT2D eigenvalue weighted by Gasteiger charge is -2.38. The molecule has 26 nitrogen and oxygen atoms in total. The van der Waals surface area contributed by atoms with Gasteiger partial charge in [0, 0.05) is 43.0 Å². The number of aryl methyl sites for hydroxylation is 1. The zero-order chi connectivity index (χ0) is 53.9. The van der Waals surface area contributed by atoms with E-state index in [1.807, 2.05) is 0 Å². The van der Waals surface area contributed by atoms with E-state index in [2.05, 4.69) is 37.2 Å². The van der Waals surface area contributed by atoms with Gasteiger partial charge in [-0.3, -0.25) is 61.7 Å². The number of carboxylic acid groups (broad SMARTS) is 3. The van der Waals surface area contributed by atoms with Crippen molar-refractivity contribution in [3.8, 4) is 5.75 Å². The van der Waals surface area contributed by atoms with Gasteiger partial charge in [-0.2, -0.15) is 0 Å². The lowest BCUT2D eigenvalue weighted by atomic mass is 9.80. The Kier molecular flexibility index (Phi) is 23.0. The van der Waals surface area contributed by atoms with Crippen LogP contribution in [0.1, 0.15) is 102 Å². The molecular formula is C45H65N9O17S. The van der Waals surface area contributed by atoms with Crippen molar-refractivity contribution in [2.75, 3.05) is 18.1 Å². The van der Waals surface area contributed by atoms with E-state index >= 15 is 0 Å². The Morgan fingerprint density at radius 2 is 1.36 bits per heavy atom. The van der Waals surface area contributed by atoms with E-state index in [0.29, 0.717) is 19.3 Å². The number of benzene rings is 1. The number of rotatable bonds is 14. The highest BCUT2D eigenvalue weighted by molar-refractivity contribution is 7.85. The lowest BCUT2D eigenvalue weighted by molar-refractivity contribution is -0.155. The Labute approximate surface area is 416 Å². The molecule has 1 saturated carbocycles. The van der Waals surface area contributed by atoms with Gasteiger partial charge in [-0.25, -0.2) is 0 Å². The Morgan fingerprint density at radius 3 is 1.94 bits per heavy atom. The van der Waals surface area contributed by atoms with Crippen LogP contribution in [0.25, 0.3) is 0 Å². The second kappa shape index (κ2) is 28.0. The number of carbonyl (C=O) groups excluding carboxylic acids is 9. The van der Waals surface area contributed by atoms with Gasteiger partial charge in [0.05, 0.1) is 12.2 Å². The molecule has 6 atom stereocenters. The maximum absolute atomic E-state index is 14.7. The molecule has 2 aliphatic rings. The maximum Gasteiger partial charge on any atom is 0.317 e. The van der Waals surface area contributed by atoms with Crippen LogP contribution in [0.4, 0.5) is 0 Å². The molecule has 1 aliphatic heterocycles. The maximum atomic E-state index is 14.7. The number of hydrogen-bond acceptors (Lipinski definition) is 14. The minimum Gasteiger partial charge on any atom is -0.508 e. The zero-order valence-corrected chi connectivity index (χ0v) is 40.8. The number of carboxylic acids is 3. The van der Waals surface area contributed by atoms with Crippen molar-refractivity contribution in [2.24, 2.45) is 23.3 Å². The first kappa shape index (κ1) is 59.1. The molecule has 27 heteroatoms. The van der Waals surface area contributed by atoms with Crippen molar-refractivity contribution in [1.29, 1.82) is 0 Å². The number of nitrogens with two attached hydrogens (primary N) is 2. The number of hydrogen-bond donors (Lipinski definition) is 13. The molecule has 0 unspecified atom stereocenters. The topological polar surface area (TPSA) is 439 Å². The van der Waals surface area contributed by atoms with Crippen LogP contribution in [0, 0.1) is 11.8 Å². The molecule has 0 bridgehead atoms. The molecule has 15 N–H and O–H groups in total. The molecule has 2 fully saturated rings. The summed E-state index contributed by atoms with van der Waals surface area (Å²) in [5, 5.41) is 56.5. The Balaban J connectivity index is 2.18. The van der Waals surface area contributed by atoms with Crippen LogP contribution >= 0.6 is 0 Å². The molecule has 1 spiro atoms. The van der Waals surface area contributed by atoms with Gasteiger partial charge < -0.3 is 69.1 Å². The van der Waals surface area contributed by atoms with Gasteiger partial charge in [0.2, 0.25) is 53.2 Å². The molecule has 3 rings (SSSR count). The normalized spacial score (nSPS) is 23.8. The fourth-order valence-corrected chi connectivity index (χ4v) is 9.22. The average Bonchev–Trinajstić information content (AvgIpc) is 3.28. The number of aliphatic carboxylic acids is 3. The Hall–Kier alpha value is -7.19. The van der Waals surface area contributed by atoms with Crippen molar-refractivity contribution in [3.63, 3.8) is 0 Å². The van der Waals surface area contributed by atoms with E-state index in [-0.39, 0.29) is 81.2 Å². The number of phenolic OH excluding ortho intramolecular Hbond substituents is 1. The summed E-state index contributed by atoms with van der Waals surface area (Å²) in [5.74, 6) is -18.7. The minimum absolute atomic E-state index is 0.0216. The smallest absolute Gasteiger partial charge is 0.317 e. The first-order valence-electron chi connectivity index (χ1n) is 23.3. The molecular weight excluding hydrogens is 971 g/mol. The SMILES string of the molecule is CC(C)C[C@@H]1NC(=O)[C@H](CC(C(=O)O)C(=O)O)NC(=O)C[S@@](=O)C[C@@H](C(N)=O)NC(=O)CCCCNC(=O)[C@H](CC(N)=O)NC(=O)C2(CCCCC2)NC(=O)[C@H](Cc2ccc(O)c(CCC(=O)O)c2)NC1=O. The van der Waals surface area contributed by atoms with Crippen LogP contribution in [-0.4, -0.2) is 150 Å². The molecule has 1 saturated heterocycles. The summed E-state index contributed by atoms with van der Waals surface area (Å²) < 4.78 is 13.2. The molecule has 1 aromatic rings. The molecule has 398 valence electrons. The minimum atomic E-state index is -2.31. The quantitative estimate of drug-likeness (QED) is 0.0818. The number of aromatic hydroxyl groups is 1. The zero-order valence-electron chi connectivity index (χ0n) is 40.0. The first-order valence-corrected chi connectivity index (χ1v) is 24.8. The molecule has 0 radical (unpaired) electrons. The second-order valence-corrected chi connectivity index (χ2v) is 19.7. The van der Waals surface area contributed by atoms with Crippen LogP contribution in [0.3, 0.4) is 0 Å². The van der Waals surface area contributed by atoms with Gasteiger partial charge in [-0.05, 0) is 61.6 Å². The summed E-state index contributed by atoms with van der Waals surface area (Å²) in [5.41, 5.74) is 9.60. The van der Waals surface area contributed by atoms with E-state index in [0.717, 1.165) is 0 Å². The van der Waals surface area contributed by atoms with Gasteiger partial charge in [-0.15, -0.1) is 0 Å². The summed E-state index contributed by atoms with van der Waals surface area (Å²) >= 11 is 0. The molecule has 1 aliphatic carbocycles. The van der Waals surface area contributed by atoms with Crippen molar-refractivity contribution in [1.82, 2.24) is 37.2 Å². The third-order valence-corrected chi connectivity index (χ3v) is 13.2. The third-order valence-electron chi connectivity index (χ3n) is 11.9. The molecule has 9 amide bonds. The largest absolute Gasteiger partial charge is 0.508 e. The van der Waals surface area contributed by atoms with Crippen molar-refractivity contribution >= 4 is 81.9 Å². The average molecular weight is 1040 g/mol. The molecule has 1 heterocycles. The predicted molar refractivity (Wildman–Crippen MR) is 252 cm³/mol. The molecule has 1 aromatic carbocycles. The highest BCUT2D eigenvalue weighted by Crippen LogP contribution is 2.30. The van der Waals surface area contributed by atoms with Crippen molar-refractivity contribution in [3.05, 3.63) is 29.3 Å². The third kappa shape index (κ3) is 19.2. The fourth-order valence-electron chi connectivity index (χ4n) is 8.10. The van der Waals surface area contributed by atoms with Crippen LogP contribution in [-0.2, 0) is 81.2 Å². The van der Waals surface area contributed by atoms with Crippen LogP contribution < -0.4 is 48.7 Å². The van der Waals surface area contributed by atoms with Gasteiger partial charge in [0.1, 0.15) is 47.3 Å². The van der Waals surface area contributed by atoms with Crippen LogP contribution in [0.5, 0.6) is 5.75 Å². The first-order chi connectivity index (χ1) is 33.8. The summed E-state index contributed by atoms with van der Waals surface area (Å²) in [7, 11) is -2.31. The molecule has 0 aromatic heterocycles. The van der Waals surface area contributed by atoms with E-state index in [1.54, 1.807) is 13.8 Å². The Bertz CT molecular complexity index is 2240. The van der Waals surface area contributed by atoms with Gasteiger partial charge >= 0.3 is 17.9 Å². The predicted octanol–water partition coefficient (Wildman–Crippen LogP) is -3.17.